The first kappa shape index (κ1) is 15.2. The molecular weight excluding hydrogens is 298 g/mol. The molecule has 0 unspecified atom stereocenters. The van der Waals surface area contributed by atoms with E-state index in [0.717, 1.165) is 0 Å². The van der Waals surface area contributed by atoms with Gasteiger partial charge >= 0.3 is 0 Å². The number of rotatable bonds is 6. The van der Waals surface area contributed by atoms with E-state index in [1.54, 1.807) is 0 Å². The first-order valence-corrected chi connectivity index (χ1v) is 6.19. The Bertz CT molecular complexity index is 405. The zero-order valence-electron chi connectivity index (χ0n) is 9.21. The normalized spacial score (nSPS) is 10.2. The van der Waals surface area contributed by atoms with Gasteiger partial charge in [0.15, 0.2) is 0 Å². The maximum absolute atomic E-state index is 10.6. The Labute approximate surface area is 119 Å². The van der Waals surface area contributed by atoms with E-state index in [0.29, 0.717) is 35.5 Å². The molecule has 1 rings (SSSR count). The molecule has 0 aliphatic carbocycles. The zero-order valence-corrected chi connectivity index (χ0v) is 11.5. The van der Waals surface area contributed by atoms with Gasteiger partial charge in [0.05, 0.1) is 15.1 Å². The van der Waals surface area contributed by atoms with Gasteiger partial charge < -0.3 is 14.4 Å². The third-order valence-electron chi connectivity index (χ3n) is 2.45. The van der Waals surface area contributed by atoms with Gasteiger partial charge in [-0.3, -0.25) is 0 Å². The van der Waals surface area contributed by atoms with E-state index in [1.807, 2.05) is 0 Å². The van der Waals surface area contributed by atoms with Crippen LogP contribution in [-0.4, -0.2) is 18.9 Å². The third-order valence-corrected chi connectivity index (χ3v) is 3.82. The molecule has 0 aliphatic rings. The lowest BCUT2D eigenvalue weighted by Gasteiger charge is -2.15. The van der Waals surface area contributed by atoms with Crippen LogP contribution in [0, 0.1) is 0 Å². The van der Waals surface area contributed by atoms with Gasteiger partial charge in [-0.25, -0.2) is 0 Å². The second-order valence-electron chi connectivity index (χ2n) is 3.49. The summed E-state index contributed by atoms with van der Waals surface area (Å²) in [5.74, 6) is 0. The summed E-state index contributed by atoms with van der Waals surface area (Å²) in [6.45, 7) is 0. The van der Waals surface area contributed by atoms with E-state index in [4.69, 9.17) is 34.8 Å². The number of hydrogen-bond donors (Lipinski definition) is 0. The Morgan fingerprint density at radius 3 is 1.00 bits per heavy atom. The van der Waals surface area contributed by atoms with Crippen molar-refractivity contribution in [1.29, 1.82) is 0 Å². The van der Waals surface area contributed by atoms with Crippen molar-refractivity contribution in [3.8, 4) is 0 Å². The quantitative estimate of drug-likeness (QED) is 0.759. The van der Waals surface area contributed by atoms with Crippen LogP contribution in [0.5, 0.6) is 0 Å². The van der Waals surface area contributed by atoms with Gasteiger partial charge in [0.2, 0.25) is 0 Å². The lowest BCUT2D eigenvalue weighted by molar-refractivity contribution is -0.108. The molecule has 0 spiro atoms. The van der Waals surface area contributed by atoms with Crippen LogP contribution in [0.4, 0.5) is 0 Å². The molecule has 0 fully saturated rings. The Kier molecular flexibility index (Phi) is 5.79. The van der Waals surface area contributed by atoms with E-state index in [1.165, 1.54) is 0 Å². The van der Waals surface area contributed by atoms with Crippen molar-refractivity contribution >= 4 is 53.7 Å². The molecule has 3 nitrogen and oxygen atoms in total. The van der Waals surface area contributed by atoms with E-state index >= 15 is 0 Å². The van der Waals surface area contributed by atoms with Gasteiger partial charge in [-0.2, -0.15) is 0 Å². The highest BCUT2D eigenvalue weighted by molar-refractivity contribution is 6.41. The van der Waals surface area contributed by atoms with Crippen molar-refractivity contribution in [2.75, 3.05) is 0 Å². The Balaban J connectivity index is 3.56. The van der Waals surface area contributed by atoms with Gasteiger partial charge in [0.25, 0.3) is 0 Å². The molecule has 0 N–H and O–H groups in total. The fourth-order valence-electron chi connectivity index (χ4n) is 1.62. The molecule has 0 radical (unpaired) electrons. The van der Waals surface area contributed by atoms with Crippen molar-refractivity contribution in [1.82, 2.24) is 0 Å². The van der Waals surface area contributed by atoms with Crippen LogP contribution in [0.3, 0.4) is 0 Å². The summed E-state index contributed by atoms with van der Waals surface area (Å²) < 4.78 is 0. The Morgan fingerprint density at radius 1 is 0.611 bits per heavy atom. The molecule has 0 bridgehead atoms. The number of halogens is 3. The summed E-state index contributed by atoms with van der Waals surface area (Å²) in [5, 5.41) is 0.622. The van der Waals surface area contributed by atoms with Crippen molar-refractivity contribution in [2.24, 2.45) is 0 Å². The molecule has 1 aromatic rings. The monoisotopic (exact) mass is 306 g/mol. The van der Waals surface area contributed by atoms with Gasteiger partial charge in [0, 0.05) is 19.3 Å². The summed E-state index contributed by atoms with van der Waals surface area (Å²) in [6.07, 6.45) is 1.97. The minimum atomic E-state index is 0.00650. The molecule has 96 valence electrons. The molecule has 0 saturated carbocycles. The molecule has 0 amide bonds. The number of carbonyl (C=O) groups is 3. The van der Waals surface area contributed by atoms with Crippen LogP contribution < -0.4 is 0 Å². The van der Waals surface area contributed by atoms with Gasteiger partial charge in [0.1, 0.15) is 18.9 Å². The fourth-order valence-corrected chi connectivity index (χ4v) is 2.80. The molecule has 18 heavy (non-hydrogen) atoms. The summed E-state index contributed by atoms with van der Waals surface area (Å²) in [6, 6.07) is 0. The van der Waals surface area contributed by atoms with Gasteiger partial charge in [-0.15, -0.1) is 0 Å². The first-order chi connectivity index (χ1) is 8.58. The SMILES string of the molecule is O=CCc1c(Cl)c(CC=O)c(Cl)c(CC=O)c1Cl. The van der Waals surface area contributed by atoms with Crippen LogP contribution in [0.25, 0.3) is 0 Å². The highest BCUT2D eigenvalue weighted by atomic mass is 35.5. The Morgan fingerprint density at radius 2 is 0.833 bits per heavy atom. The molecule has 0 heterocycles. The predicted molar refractivity (Wildman–Crippen MR) is 70.8 cm³/mol. The first-order valence-electron chi connectivity index (χ1n) is 5.06. The highest BCUT2D eigenvalue weighted by Gasteiger charge is 2.20. The Hall–Kier alpha value is -0.900. The highest BCUT2D eigenvalue weighted by Crippen LogP contribution is 2.38. The van der Waals surface area contributed by atoms with Crippen molar-refractivity contribution in [3.05, 3.63) is 31.8 Å². The van der Waals surface area contributed by atoms with Crippen molar-refractivity contribution in [3.63, 3.8) is 0 Å². The van der Waals surface area contributed by atoms with Crippen LogP contribution in [0.2, 0.25) is 15.1 Å². The zero-order chi connectivity index (χ0) is 13.7. The van der Waals surface area contributed by atoms with Crippen molar-refractivity contribution < 1.29 is 14.4 Å². The molecule has 0 atom stereocenters. The smallest absolute Gasteiger partial charge is 0.124 e. The van der Waals surface area contributed by atoms with Crippen molar-refractivity contribution in [2.45, 2.75) is 19.3 Å². The molecule has 0 saturated heterocycles. The van der Waals surface area contributed by atoms with Gasteiger partial charge in [-0.05, 0) is 16.7 Å². The average molecular weight is 308 g/mol. The molecule has 1 aromatic carbocycles. The van der Waals surface area contributed by atoms with E-state index in [9.17, 15) is 14.4 Å². The lowest BCUT2D eigenvalue weighted by Crippen LogP contribution is -2.03. The topological polar surface area (TPSA) is 51.2 Å². The van der Waals surface area contributed by atoms with E-state index in [-0.39, 0.29) is 34.3 Å². The molecule has 6 heteroatoms. The number of benzene rings is 1. The largest absolute Gasteiger partial charge is 0.303 e. The second kappa shape index (κ2) is 6.88. The minimum absolute atomic E-state index is 0.00650. The van der Waals surface area contributed by atoms with Crippen LogP contribution in [0.15, 0.2) is 0 Å². The third kappa shape index (κ3) is 2.91. The average Bonchev–Trinajstić information content (AvgIpc) is 2.35. The van der Waals surface area contributed by atoms with E-state index in [2.05, 4.69) is 0 Å². The molecule has 0 aromatic heterocycles. The summed E-state index contributed by atoms with van der Waals surface area (Å²) >= 11 is 18.2. The van der Waals surface area contributed by atoms with Crippen LogP contribution >= 0.6 is 34.8 Å². The summed E-state index contributed by atoms with van der Waals surface area (Å²) in [5.41, 5.74) is 1.18. The maximum Gasteiger partial charge on any atom is 0.124 e. The molecule has 0 aliphatic heterocycles. The second-order valence-corrected chi connectivity index (χ2v) is 4.62. The number of aldehydes is 3. The predicted octanol–water partition coefficient (Wildman–Crippen LogP) is 2.87. The van der Waals surface area contributed by atoms with Crippen LogP contribution in [-0.2, 0) is 33.6 Å². The standard InChI is InChI=1S/C12H9Cl3O3/c13-10-7(1-4-16)11(14)9(3-6-18)12(15)8(10)2-5-17/h4-6H,1-3H2. The van der Waals surface area contributed by atoms with Crippen LogP contribution in [0.1, 0.15) is 16.7 Å². The number of hydrogen-bond acceptors (Lipinski definition) is 3. The maximum atomic E-state index is 10.6. The van der Waals surface area contributed by atoms with E-state index < -0.39 is 0 Å². The summed E-state index contributed by atoms with van der Waals surface area (Å²) in [7, 11) is 0. The minimum Gasteiger partial charge on any atom is -0.303 e. The summed E-state index contributed by atoms with van der Waals surface area (Å²) in [4.78, 5) is 31.8. The number of carbonyl (C=O) groups excluding carboxylic acids is 3. The molecular formula is C12H9Cl3O3. The van der Waals surface area contributed by atoms with Gasteiger partial charge in [-0.1, -0.05) is 34.8 Å². The fraction of sp³-hybridized carbons (Fsp3) is 0.250. The lowest BCUT2D eigenvalue weighted by atomic mass is 10.00.